The molecule has 18 heavy (non-hydrogen) atoms. The Morgan fingerprint density at radius 3 is 2.89 bits per heavy atom. The monoisotopic (exact) mass is 252 g/mol. The molecule has 1 fully saturated rings. The van der Waals surface area contributed by atoms with Gasteiger partial charge < -0.3 is 10.6 Å². The van der Waals surface area contributed by atoms with Crippen molar-refractivity contribution in [2.45, 2.75) is 45.6 Å². The molecule has 0 aliphatic heterocycles. The highest BCUT2D eigenvalue weighted by Crippen LogP contribution is 2.27. The van der Waals surface area contributed by atoms with Gasteiger partial charge in [-0.15, -0.1) is 0 Å². The molecule has 1 aromatic heterocycles. The summed E-state index contributed by atoms with van der Waals surface area (Å²) in [5, 5.41) is 6.23. The van der Waals surface area contributed by atoms with Crippen molar-refractivity contribution in [3.05, 3.63) is 12.0 Å². The predicted octanol–water partition coefficient (Wildman–Crippen LogP) is 3.04. The largest absolute Gasteiger partial charge is 0.364 e. The van der Waals surface area contributed by atoms with Crippen molar-refractivity contribution in [1.29, 1.82) is 0 Å². The van der Waals surface area contributed by atoms with Gasteiger partial charge in [0.25, 0.3) is 0 Å². The van der Waals surface area contributed by atoms with Crippen LogP contribution in [-0.2, 0) is 0 Å². The van der Waals surface area contributed by atoms with Crippen LogP contribution in [0.15, 0.2) is 6.20 Å². The Labute approximate surface area is 107 Å². The van der Waals surface area contributed by atoms with Crippen molar-refractivity contribution >= 4 is 11.8 Å². The Hall–Kier alpha value is -1.39. The highest BCUT2D eigenvalue weighted by molar-refractivity contribution is 5.42. The maximum Gasteiger partial charge on any atom is 0.224 e. The van der Waals surface area contributed by atoms with Gasteiger partial charge in [-0.05, 0) is 25.7 Å². The van der Waals surface area contributed by atoms with E-state index in [-0.39, 0.29) is 5.82 Å². The standard InChI is InChI=1S/C13H21FN4/c1-3-15-13-16-8-10(14)12(18-13)17-11-7-5-4-6-9(11)2/h8-9,11H,3-7H2,1-2H3,(H2,15,16,17,18). The summed E-state index contributed by atoms with van der Waals surface area (Å²) < 4.78 is 13.7. The van der Waals surface area contributed by atoms with E-state index in [1.54, 1.807) is 0 Å². The number of rotatable bonds is 4. The first kappa shape index (κ1) is 13.1. The third-order valence-electron chi connectivity index (χ3n) is 3.51. The maximum absolute atomic E-state index is 13.7. The smallest absolute Gasteiger partial charge is 0.224 e. The third-order valence-corrected chi connectivity index (χ3v) is 3.51. The van der Waals surface area contributed by atoms with Crippen molar-refractivity contribution in [2.24, 2.45) is 5.92 Å². The molecule has 100 valence electrons. The number of aromatic nitrogens is 2. The van der Waals surface area contributed by atoms with Crippen LogP contribution in [0.3, 0.4) is 0 Å². The number of anilines is 2. The van der Waals surface area contributed by atoms with Gasteiger partial charge in [0.15, 0.2) is 11.6 Å². The number of nitrogens with one attached hydrogen (secondary N) is 2. The lowest BCUT2D eigenvalue weighted by Crippen LogP contribution is -2.31. The van der Waals surface area contributed by atoms with E-state index in [0.29, 0.717) is 23.7 Å². The number of hydrogen-bond acceptors (Lipinski definition) is 4. The molecule has 0 spiro atoms. The summed E-state index contributed by atoms with van der Waals surface area (Å²) >= 11 is 0. The normalized spacial score (nSPS) is 23.7. The fourth-order valence-corrected chi connectivity index (χ4v) is 2.42. The summed E-state index contributed by atoms with van der Waals surface area (Å²) in [6.07, 6.45) is 5.98. The minimum atomic E-state index is -0.380. The Balaban J connectivity index is 2.09. The average Bonchev–Trinajstić information content (AvgIpc) is 2.36. The van der Waals surface area contributed by atoms with Crippen molar-refractivity contribution in [3.63, 3.8) is 0 Å². The molecule has 1 aliphatic rings. The van der Waals surface area contributed by atoms with E-state index in [0.717, 1.165) is 13.0 Å². The van der Waals surface area contributed by atoms with E-state index in [4.69, 9.17) is 0 Å². The molecule has 0 radical (unpaired) electrons. The molecular formula is C13H21FN4. The van der Waals surface area contributed by atoms with Gasteiger partial charge in [-0.2, -0.15) is 4.98 Å². The molecule has 0 amide bonds. The van der Waals surface area contributed by atoms with E-state index < -0.39 is 0 Å². The molecule has 5 heteroatoms. The second-order valence-corrected chi connectivity index (χ2v) is 4.93. The average molecular weight is 252 g/mol. The number of hydrogen-bond donors (Lipinski definition) is 2. The molecule has 2 unspecified atom stereocenters. The highest BCUT2D eigenvalue weighted by atomic mass is 19.1. The molecule has 4 nitrogen and oxygen atoms in total. The molecule has 2 atom stereocenters. The van der Waals surface area contributed by atoms with E-state index in [9.17, 15) is 4.39 Å². The molecule has 1 aromatic rings. The van der Waals surface area contributed by atoms with Gasteiger partial charge in [-0.1, -0.05) is 19.8 Å². The second-order valence-electron chi connectivity index (χ2n) is 4.93. The van der Waals surface area contributed by atoms with Crippen LogP contribution in [0.2, 0.25) is 0 Å². The predicted molar refractivity (Wildman–Crippen MR) is 71.2 cm³/mol. The fourth-order valence-electron chi connectivity index (χ4n) is 2.42. The molecule has 0 saturated heterocycles. The summed E-state index contributed by atoms with van der Waals surface area (Å²) in [5.41, 5.74) is 0. The SMILES string of the molecule is CCNc1ncc(F)c(NC2CCCCC2C)n1. The lowest BCUT2D eigenvalue weighted by molar-refractivity contribution is 0.348. The third kappa shape index (κ3) is 3.09. The molecular weight excluding hydrogens is 231 g/mol. The topological polar surface area (TPSA) is 49.8 Å². The molecule has 0 aromatic carbocycles. The molecule has 0 bridgehead atoms. The summed E-state index contributed by atoms with van der Waals surface area (Å²) in [7, 11) is 0. The Morgan fingerprint density at radius 1 is 1.39 bits per heavy atom. The molecule has 2 N–H and O–H groups in total. The van der Waals surface area contributed by atoms with E-state index in [1.165, 1.54) is 25.5 Å². The maximum atomic E-state index is 13.7. The summed E-state index contributed by atoms with van der Waals surface area (Å²) in [4.78, 5) is 8.09. The molecule has 1 saturated carbocycles. The first-order chi connectivity index (χ1) is 8.70. The van der Waals surface area contributed by atoms with Gasteiger partial charge in [-0.25, -0.2) is 9.37 Å². The molecule has 1 heterocycles. The zero-order chi connectivity index (χ0) is 13.0. The van der Waals surface area contributed by atoms with Crippen LogP contribution < -0.4 is 10.6 Å². The minimum absolute atomic E-state index is 0.317. The van der Waals surface area contributed by atoms with E-state index in [1.807, 2.05) is 6.92 Å². The van der Waals surface area contributed by atoms with Crippen LogP contribution >= 0.6 is 0 Å². The van der Waals surface area contributed by atoms with Crippen LogP contribution in [0.25, 0.3) is 0 Å². The fraction of sp³-hybridized carbons (Fsp3) is 0.692. The first-order valence-corrected chi connectivity index (χ1v) is 6.73. The van der Waals surface area contributed by atoms with E-state index in [2.05, 4.69) is 27.5 Å². The number of halogens is 1. The van der Waals surface area contributed by atoms with Gasteiger partial charge in [0, 0.05) is 12.6 Å². The first-order valence-electron chi connectivity index (χ1n) is 6.73. The Bertz CT molecular complexity index is 397. The second kappa shape index (κ2) is 5.98. The summed E-state index contributed by atoms with van der Waals surface area (Å²) in [6, 6.07) is 0.317. The van der Waals surface area contributed by atoms with Crippen LogP contribution in [0.5, 0.6) is 0 Å². The Morgan fingerprint density at radius 2 is 2.17 bits per heavy atom. The van der Waals surface area contributed by atoms with Gasteiger partial charge in [-0.3, -0.25) is 0 Å². The van der Waals surface area contributed by atoms with Crippen LogP contribution in [0.1, 0.15) is 39.5 Å². The lowest BCUT2D eigenvalue weighted by Gasteiger charge is -2.30. The lowest BCUT2D eigenvalue weighted by atomic mass is 9.86. The van der Waals surface area contributed by atoms with Crippen molar-refractivity contribution in [2.75, 3.05) is 17.2 Å². The minimum Gasteiger partial charge on any atom is -0.364 e. The van der Waals surface area contributed by atoms with Gasteiger partial charge in [0.2, 0.25) is 5.95 Å². The van der Waals surface area contributed by atoms with E-state index >= 15 is 0 Å². The van der Waals surface area contributed by atoms with Crippen molar-refractivity contribution < 1.29 is 4.39 Å². The van der Waals surface area contributed by atoms with Crippen molar-refractivity contribution in [3.8, 4) is 0 Å². The van der Waals surface area contributed by atoms with Crippen molar-refractivity contribution in [1.82, 2.24) is 9.97 Å². The van der Waals surface area contributed by atoms with Crippen LogP contribution in [0.4, 0.5) is 16.2 Å². The van der Waals surface area contributed by atoms with Gasteiger partial charge in [0.1, 0.15) is 0 Å². The summed E-state index contributed by atoms with van der Waals surface area (Å²) in [6.45, 7) is 4.90. The highest BCUT2D eigenvalue weighted by Gasteiger charge is 2.22. The Kier molecular flexibility index (Phi) is 4.33. The quantitative estimate of drug-likeness (QED) is 0.864. The van der Waals surface area contributed by atoms with Gasteiger partial charge >= 0.3 is 0 Å². The zero-order valence-electron chi connectivity index (χ0n) is 11.0. The summed E-state index contributed by atoms with van der Waals surface area (Å²) in [5.74, 6) is 0.981. The zero-order valence-corrected chi connectivity index (χ0v) is 11.0. The van der Waals surface area contributed by atoms with Crippen LogP contribution in [0, 0.1) is 11.7 Å². The number of nitrogens with zero attached hydrogens (tertiary/aromatic N) is 2. The van der Waals surface area contributed by atoms with Crippen LogP contribution in [-0.4, -0.2) is 22.6 Å². The molecule has 1 aliphatic carbocycles. The molecule has 2 rings (SSSR count). The van der Waals surface area contributed by atoms with Gasteiger partial charge in [0.05, 0.1) is 6.20 Å².